The van der Waals surface area contributed by atoms with Crippen LogP contribution in [0.25, 0.3) is 0 Å². The van der Waals surface area contributed by atoms with Gasteiger partial charge in [0.05, 0.1) is 10.8 Å². The summed E-state index contributed by atoms with van der Waals surface area (Å²) in [5.74, 6) is -1.31. The molecule has 2 N–H and O–H groups in total. The fourth-order valence-electron chi connectivity index (χ4n) is 4.52. The lowest BCUT2D eigenvalue weighted by molar-refractivity contribution is -0.384. The van der Waals surface area contributed by atoms with Crippen molar-refractivity contribution in [3.05, 3.63) is 141 Å². The number of hydrogen-bond donors (Lipinski definition) is 2. The lowest BCUT2D eigenvalue weighted by atomic mass is 9.90. The first-order valence-corrected chi connectivity index (χ1v) is 12.3. The third-order valence-corrected chi connectivity index (χ3v) is 6.24. The van der Waals surface area contributed by atoms with E-state index in [2.05, 4.69) is 10.6 Å². The molecule has 1 atom stereocenters. The van der Waals surface area contributed by atoms with Gasteiger partial charge >= 0.3 is 0 Å². The van der Waals surface area contributed by atoms with Crippen molar-refractivity contribution in [3.8, 4) is 0 Å². The van der Waals surface area contributed by atoms with E-state index in [4.69, 9.17) is 0 Å². The zero-order valence-electron chi connectivity index (χ0n) is 21.3. The molecular formula is C31H29N3O4. The molecule has 0 bridgehead atoms. The molecule has 2 amide bonds. The molecule has 4 rings (SSSR count). The normalized spacial score (nSPS) is 11.6. The summed E-state index contributed by atoms with van der Waals surface area (Å²) in [6.45, 7) is 3.90. The van der Waals surface area contributed by atoms with Gasteiger partial charge in [0.2, 0.25) is 11.8 Å². The van der Waals surface area contributed by atoms with E-state index in [1.807, 2.05) is 92.7 Å². The second-order valence-corrected chi connectivity index (χ2v) is 9.31. The third-order valence-electron chi connectivity index (χ3n) is 6.24. The van der Waals surface area contributed by atoms with Gasteiger partial charge in [-0.15, -0.1) is 0 Å². The molecule has 4 aromatic carbocycles. The van der Waals surface area contributed by atoms with E-state index in [1.165, 1.54) is 12.1 Å². The van der Waals surface area contributed by atoms with E-state index in [9.17, 15) is 19.7 Å². The van der Waals surface area contributed by atoms with Crippen LogP contribution in [0.4, 0.5) is 11.4 Å². The minimum atomic E-state index is -0.917. The molecule has 0 unspecified atom stereocenters. The number of aryl methyl sites for hydroxylation is 2. The lowest BCUT2D eigenvalue weighted by Crippen LogP contribution is -2.47. The van der Waals surface area contributed by atoms with Gasteiger partial charge in [-0.3, -0.25) is 19.7 Å². The second-order valence-electron chi connectivity index (χ2n) is 9.31. The van der Waals surface area contributed by atoms with Gasteiger partial charge in [-0.25, -0.2) is 0 Å². The number of nitro benzene ring substituents is 1. The van der Waals surface area contributed by atoms with E-state index in [0.29, 0.717) is 11.3 Å². The topological polar surface area (TPSA) is 101 Å². The zero-order chi connectivity index (χ0) is 27.1. The molecule has 0 saturated heterocycles. The van der Waals surface area contributed by atoms with Gasteiger partial charge in [0.25, 0.3) is 5.69 Å². The number of carbonyl (C=O) groups excluding carboxylic acids is 2. The summed E-state index contributed by atoms with van der Waals surface area (Å²) in [6.07, 6.45) is 0.163. The highest BCUT2D eigenvalue weighted by Crippen LogP contribution is 2.25. The van der Waals surface area contributed by atoms with Gasteiger partial charge in [0.15, 0.2) is 0 Å². The molecule has 38 heavy (non-hydrogen) atoms. The van der Waals surface area contributed by atoms with Gasteiger partial charge in [-0.2, -0.15) is 0 Å². The minimum absolute atomic E-state index is 0.0396. The molecule has 0 spiro atoms. The Morgan fingerprint density at radius 2 is 1.29 bits per heavy atom. The Bertz CT molecular complexity index is 1360. The quantitative estimate of drug-likeness (QED) is 0.224. The van der Waals surface area contributed by atoms with Crippen molar-refractivity contribution in [3.63, 3.8) is 0 Å². The van der Waals surface area contributed by atoms with Crippen molar-refractivity contribution in [2.24, 2.45) is 0 Å². The van der Waals surface area contributed by atoms with Crippen molar-refractivity contribution in [1.82, 2.24) is 5.32 Å². The smallest absolute Gasteiger partial charge is 0.269 e. The summed E-state index contributed by atoms with van der Waals surface area (Å²) in [5.41, 5.74) is 4.90. The summed E-state index contributed by atoms with van der Waals surface area (Å²) >= 11 is 0. The zero-order valence-corrected chi connectivity index (χ0v) is 21.3. The Hall–Kier alpha value is -4.78. The molecule has 0 aromatic heterocycles. The number of rotatable bonds is 9. The number of hydrogen-bond acceptors (Lipinski definition) is 4. The van der Waals surface area contributed by atoms with E-state index < -0.39 is 16.9 Å². The van der Waals surface area contributed by atoms with Gasteiger partial charge in [-0.1, -0.05) is 78.9 Å². The van der Waals surface area contributed by atoms with E-state index in [-0.39, 0.29) is 23.9 Å². The number of non-ortho nitro benzene ring substituents is 1. The summed E-state index contributed by atoms with van der Waals surface area (Å²) in [7, 11) is 0. The van der Waals surface area contributed by atoms with E-state index in [1.54, 1.807) is 12.1 Å². The highest BCUT2D eigenvalue weighted by molar-refractivity contribution is 5.99. The maximum absolute atomic E-state index is 13.8. The predicted molar refractivity (Wildman–Crippen MR) is 148 cm³/mol. The standard InChI is InChI=1S/C31H29N3O4/c1-21-17-22(2)19-26(18-21)32-30(35)28(20-23-13-15-27(16-14-23)34(37)38)33-31(36)29(24-9-5-3-6-10-24)25-11-7-4-8-12-25/h3-19,28-29H,20H2,1-2H3,(H,32,35)(H,33,36)/t28-/m0/s1. The molecule has 4 aromatic rings. The average Bonchev–Trinajstić information content (AvgIpc) is 2.89. The van der Waals surface area contributed by atoms with Gasteiger partial charge in [0, 0.05) is 24.2 Å². The molecule has 0 radical (unpaired) electrons. The number of benzene rings is 4. The predicted octanol–water partition coefficient (Wildman–Crippen LogP) is 5.71. The molecule has 192 valence electrons. The van der Waals surface area contributed by atoms with E-state index in [0.717, 1.165) is 22.3 Å². The maximum Gasteiger partial charge on any atom is 0.269 e. The summed E-state index contributed by atoms with van der Waals surface area (Å²) in [6, 6.07) is 29.6. The lowest BCUT2D eigenvalue weighted by Gasteiger charge is -2.23. The van der Waals surface area contributed by atoms with Crippen molar-refractivity contribution in [1.29, 1.82) is 0 Å². The Morgan fingerprint density at radius 1 is 0.763 bits per heavy atom. The summed E-state index contributed by atoms with van der Waals surface area (Å²) in [4.78, 5) is 37.9. The first-order valence-electron chi connectivity index (χ1n) is 12.3. The fraction of sp³-hybridized carbons (Fsp3) is 0.161. The van der Waals surface area contributed by atoms with Crippen LogP contribution in [0.1, 0.15) is 33.7 Å². The number of carbonyl (C=O) groups is 2. The summed E-state index contributed by atoms with van der Waals surface area (Å²) < 4.78 is 0. The number of nitrogens with one attached hydrogen (secondary N) is 2. The van der Waals surface area contributed by atoms with Crippen LogP contribution in [-0.4, -0.2) is 22.8 Å². The largest absolute Gasteiger partial charge is 0.343 e. The SMILES string of the molecule is Cc1cc(C)cc(NC(=O)[C@H](Cc2ccc([N+](=O)[O-])cc2)NC(=O)C(c2ccccc2)c2ccccc2)c1. The van der Waals surface area contributed by atoms with Crippen molar-refractivity contribution < 1.29 is 14.5 Å². The maximum atomic E-state index is 13.8. The second kappa shape index (κ2) is 12.0. The Labute approximate surface area is 221 Å². The molecule has 7 heteroatoms. The number of anilines is 1. The fourth-order valence-corrected chi connectivity index (χ4v) is 4.52. The molecule has 0 aliphatic carbocycles. The average molecular weight is 508 g/mol. The molecule has 0 heterocycles. The molecule has 7 nitrogen and oxygen atoms in total. The van der Waals surface area contributed by atoms with Gasteiger partial charge in [-0.05, 0) is 53.8 Å². The van der Waals surface area contributed by atoms with Crippen LogP contribution in [-0.2, 0) is 16.0 Å². The molecule has 0 saturated carbocycles. The number of nitrogens with zero attached hydrogens (tertiary/aromatic N) is 1. The Balaban J connectivity index is 1.64. The van der Waals surface area contributed by atoms with Crippen LogP contribution in [0.5, 0.6) is 0 Å². The molecule has 0 aliphatic heterocycles. The van der Waals surface area contributed by atoms with Crippen LogP contribution in [0, 0.1) is 24.0 Å². The number of amides is 2. The van der Waals surface area contributed by atoms with Gasteiger partial charge in [0.1, 0.15) is 6.04 Å². The van der Waals surface area contributed by atoms with Crippen LogP contribution >= 0.6 is 0 Å². The minimum Gasteiger partial charge on any atom is -0.343 e. The highest BCUT2D eigenvalue weighted by Gasteiger charge is 2.28. The van der Waals surface area contributed by atoms with E-state index >= 15 is 0 Å². The first-order chi connectivity index (χ1) is 18.3. The van der Waals surface area contributed by atoms with Crippen LogP contribution in [0.2, 0.25) is 0 Å². The Morgan fingerprint density at radius 3 is 1.79 bits per heavy atom. The van der Waals surface area contributed by atoms with Crippen LogP contribution in [0.15, 0.2) is 103 Å². The van der Waals surface area contributed by atoms with Gasteiger partial charge < -0.3 is 10.6 Å². The highest BCUT2D eigenvalue weighted by atomic mass is 16.6. The van der Waals surface area contributed by atoms with Crippen molar-refractivity contribution in [2.75, 3.05) is 5.32 Å². The monoisotopic (exact) mass is 507 g/mol. The van der Waals surface area contributed by atoms with Crippen LogP contribution in [0.3, 0.4) is 0 Å². The van der Waals surface area contributed by atoms with Crippen molar-refractivity contribution in [2.45, 2.75) is 32.2 Å². The molecular weight excluding hydrogens is 478 g/mol. The number of nitro groups is 1. The van der Waals surface area contributed by atoms with Crippen molar-refractivity contribution >= 4 is 23.2 Å². The van der Waals surface area contributed by atoms with Crippen LogP contribution < -0.4 is 10.6 Å². The molecule has 0 fully saturated rings. The Kier molecular flexibility index (Phi) is 8.28. The first kappa shape index (κ1) is 26.3. The third kappa shape index (κ3) is 6.70. The summed E-state index contributed by atoms with van der Waals surface area (Å²) in [5, 5.41) is 17.0. The molecule has 0 aliphatic rings.